The third-order valence-electron chi connectivity index (χ3n) is 9.92. The molecule has 0 saturated heterocycles. The Labute approximate surface area is 265 Å². The fourth-order valence-corrected chi connectivity index (χ4v) is 6.76. The quantitative estimate of drug-likeness (QED) is 0.261. The van der Waals surface area contributed by atoms with Crippen LogP contribution >= 0.6 is 0 Å². The van der Waals surface area contributed by atoms with Gasteiger partial charge in [-0.3, -0.25) is 14.6 Å². The van der Waals surface area contributed by atoms with Gasteiger partial charge in [-0.2, -0.15) is 5.21 Å². The Morgan fingerprint density at radius 3 is 2.42 bits per heavy atom. The van der Waals surface area contributed by atoms with Crippen LogP contribution in [0, 0.1) is 22.6 Å². The molecule has 0 radical (unpaired) electrons. The van der Waals surface area contributed by atoms with E-state index >= 15 is 0 Å². The van der Waals surface area contributed by atoms with Crippen LogP contribution in [0.15, 0.2) is 53.5 Å². The first-order chi connectivity index (χ1) is 21.3. The molecule has 1 aliphatic heterocycles. The second-order valence-electron chi connectivity index (χ2n) is 14.5. The molecular formula is C35H46FN7O2. The van der Waals surface area contributed by atoms with E-state index in [-0.39, 0.29) is 41.0 Å². The molecule has 2 amide bonds. The van der Waals surface area contributed by atoms with E-state index < -0.39 is 5.66 Å². The number of benzene rings is 2. The molecule has 2 aliphatic rings. The van der Waals surface area contributed by atoms with E-state index in [9.17, 15) is 14.0 Å². The van der Waals surface area contributed by atoms with Crippen LogP contribution in [-0.4, -0.2) is 48.7 Å². The molecule has 2 heterocycles. The minimum Gasteiger partial charge on any atom is -0.345 e. The van der Waals surface area contributed by atoms with Gasteiger partial charge >= 0.3 is 0 Å². The lowest BCUT2D eigenvalue weighted by Crippen LogP contribution is -2.51. The van der Waals surface area contributed by atoms with Crippen molar-refractivity contribution in [2.45, 2.75) is 105 Å². The van der Waals surface area contributed by atoms with Gasteiger partial charge in [-0.15, -0.1) is 10.2 Å². The maximum Gasteiger partial charge on any atom is 0.275 e. The molecule has 5 rings (SSSR count). The van der Waals surface area contributed by atoms with E-state index in [1.54, 1.807) is 24.3 Å². The maximum absolute atomic E-state index is 14.5. The molecule has 3 aromatic rings. The number of amides is 2. The van der Waals surface area contributed by atoms with Crippen molar-refractivity contribution < 1.29 is 14.0 Å². The Balaban J connectivity index is 1.49. The first-order valence-electron chi connectivity index (χ1n) is 16.1. The summed E-state index contributed by atoms with van der Waals surface area (Å²) in [5.41, 5.74) is 1.84. The average molecular weight is 616 g/mol. The number of H-pyrrole nitrogens is 1. The van der Waals surface area contributed by atoms with E-state index in [2.05, 4.69) is 67.5 Å². The monoisotopic (exact) mass is 615 g/mol. The molecule has 1 aromatic heterocycles. The number of hydrogen-bond acceptors (Lipinski definition) is 6. The van der Waals surface area contributed by atoms with Crippen molar-refractivity contribution in [3.8, 4) is 0 Å². The standard InChI is InChI=1S/C35H46FN7O2/c1-7-34(5,6)26-15-19-35(20-16-26)38-30(25-9-8-10-27(36)21-25)32(45)43(35)28(17-18-33(2,3)4)23-11-13-24(14-12-23)31(44)37-22-29-39-41-42-40-29/h8-14,21,26,28H,7,15-20,22H2,1-6H3,(H,37,44)(H,39,40,41,42)/t26?,28-,35?/m1/s1. The van der Waals surface area contributed by atoms with Crippen molar-refractivity contribution in [3.05, 3.63) is 76.9 Å². The first kappa shape index (κ1) is 32.4. The van der Waals surface area contributed by atoms with E-state index in [1.807, 2.05) is 17.0 Å². The number of nitrogens with zero attached hydrogens (tertiary/aromatic N) is 5. The highest BCUT2D eigenvalue weighted by molar-refractivity contribution is 6.46. The minimum absolute atomic E-state index is 0.0399. The predicted molar refractivity (Wildman–Crippen MR) is 172 cm³/mol. The Morgan fingerprint density at radius 2 is 1.82 bits per heavy atom. The molecule has 2 aromatic carbocycles. The normalized spacial score (nSPS) is 21.2. The van der Waals surface area contributed by atoms with Gasteiger partial charge in [0.15, 0.2) is 5.82 Å². The summed E-state index contributed by atoms with van der Waals surface area (Å²) in [6, 6.07) is 13.4. The smallest absolute Gasteiger partial charge is 0.275 e. The lowest BCUT2D eigenvalue weighted by Gasteiger charge is -2.48. The number of nitrogens with one attached hydrogen (secondary N) is 2. The SMILES string of the molecule is CCC(C)(C)C1CCC2(CC1)N=C(c1cccc(F)c1)C(=O)N2[C@H](CCC(C)(C)C)c1ccc(C(=O)NCc2nn[nH]n2)cc1. The van der Waals surface area contributed by atoms with Gasteiger partial charge in [0.25, 0.3) is 11.8 Å². The van der Waals surface area contributed by atoms with Gasteiger partial charge < -0.3 is 10.2 Å². The molecule has 1 saturated carbocycles. The van der Waals surface area contributed by atoms with Crippen molar-refractivity contribution in [1.29, 1.82) is 0 Å². The van der Waals surface area contributed by atoms with Gasteiger partial charge in [-0.1, -0.05) is 77.4 Å². The van der Waals surface area contributed by atoms with Gasteiger partial charge in [0, 0.05) is 11.1 Å². The highest BCUT2D eigenvalue weighted by Crippen LogP contribution is 2.51. The molecule has 0 unspecified atom stereocenters. The van der Waals surface area contributed by atoms with Crippen LogP contribution in [0.5, 0.6) is 0 Å². The molecule has 45 heavy (non-hydrogen) atoms. The van der Waals surface area contributed by atoms with Gasteiger partial charge in [0.2, 0.25) is 0 Å². The second-order valence-corrected chi connectivity index (χ2v) is 14.5. The van der Waals surface area contributed by atoms with E-state index in [1.165, 1.54) is 12.1 Å². The van der Waals surface area contributed by atoms with Crippen LogP contribution in [0.25, 0.3) is 0 Å². The zero-order chi connectivity index (χ0) is 32.4. The molecule has 1 atom stereocenters. The Bertz CT molecular complexity index is 1520. The second kappa shape index (κ2) is 12.8. The van der Waals surface area contributed by atoms with Gasteiger partial charge in [-0.25, -0.2) is 4.39 Å². The maximum atomic E-state index is 14.5. The molecule has 9 nitrogen and oxygen atoms in total. The molecule has 240 valence electrons. The third-order valence-corrected chi connectivity index (χ3v) is 9.92. The van der Waals surface area contributed by atoms with Gasteiger partial charge in [0.1, 0.15) is 17.2 Å². The summed E-state index contributed by atoms with van der Waals surface area (Å²) in [4.78, 5) is 34.6. The molecule has 1 fully saturated rings. The van der Waals surface area contributed by atoms with E-state index in [0.29, 0.717) is 28.6 Å². The highest BCUT2D eigenvalue weighted by Gasteiger charge is 2.53. The first-order valence-corrected chi connectivity index (χ1v) is 16.1. The van der Waals surface area contributed by atoms with Crippen LogP contribution in [-0.2, 0) is 11.3 Å². The average Bonchev–Trinajstić information content (AvgIpc) is 3.63. The number of tetrazole rings is 1. The van der Waals surface area contributed by atoms with Crippen molar-refractivity contribution in [1.82, 2.24) is 30.8 Å². The number of aliphatic imine (C=N–C) groups is 1. The Morgan fingerprint density at radius 1 is 1.11 bits per heavy atom. The summed E-state index contributed by atoms with van der Waals surface area (Å²) < 4.78 is 14.4. The topological polar surface area (TPSA) is 116 Å². The lowest BCUT2D eigenvalue weighted by molar-refractivity contribution is -0.134. The molecule has 2 N–H and O–H groups in total. The van der Waals surface area contributed by atoms with E-state index in [0.717, 1.165) is 50.5 Å². The molecule has 10 heteroatoms. The van der Waals surface area contributed by atoms with Crippen LogP contribution in [0.4, 0.5) is 4.39 Å². The van der Waals surface area contributed by atoms with Gasteiger partial charge in [0.05, 0.1) is 12.6 Å². The van der Waals surface area contributed by atoms with Crippen LogP contribution in [0.2, 0.25) is 0 Å². The zero-order valence-electron chi connectivity index (χ0n) is 27.4. The lowest BCUT2D eigenvalue weighted by atomic mass is 9.67. The summed E-state index contributed by atoms with van der Waals surface area (Å²) in [6.45, 7) is 13.7. The number of hydrogen-bond donors (Lipinski definition) is 2. The highest BCUT2D eigenvalue weighted by atomic mass is 19.1. The Kier molecular flexibility index (Phi) is 9.23. The number of aromatic amines is 1. The summed E-state index contributed by atoms with van der Waals surface area (Å²) in [6.07, 6.45) is 6.16. The number of aromatic nitrogens is 4. The van der Waals surface area contributed by atoms with Crippen molar-refractivity contribution in [3.63, 3.8) is 0 Å². The molecular weight excluding hydrogens is 569 g/mol. The number of halogens is 1. The third kappa shape index (κ3) is 7.15. The minimum atomic E-state index is -0.706. The van der Waals surface area contributed by atoms with Crippen LogP contribution < -0.4 is 5.32 Å². The summed E-state index contributed by atoms with van der Waals surface area (Å²) in [5.74, 6) is 0.138. The predicted octanol–water partition coefficient (Wildman–Crippen LogP) is 6.79. The fourth-order valence-electron chi connectivity index (χ4n) is 6.76. The van der Waals surface area contributed by atoms with Crippen molar-refractivity contribution in [2.75, 3.05) is 0 Å². The van der Waals surface area contributed by atoms with Crippen LogP contribution in [0.1, 0.15) is 120 Å². The largest absolute Gasteiger partial charge is 0.345 e. The number of rotatable bonds is 10. The van der Waals surface area contributed by atoms with E-state index in [4.69, 9.17) is 4.99 Å². The van der Waals surface area contributed by atoms with Crippen LogP contribution in [0.3, 0.4) is 0 Å². The zero-order valence-corrected chi connectivity index (χ0v) is 27.4. The summed E-state index contributed by atoms with van der Waals surface area (Å²) in [7, 11) is 0. The molecule has 1 spiro atoms. The summed E-state index contributed by atoms with van der Waals surface area (Å²) in [5, 5.41) is 16.5. The summed E-state index contributed by atoms with van der Waals surface area (Å²) >= 11 is 0. The fraction of sp³-hybridized carbons (Fsp3) is 0.543. The van der Waals surface area contributed by atoms with Crippen molar-refractivity contribution >= 4 is 17.5 Å². The number of carbonyl (C=O) groups excluding carboxylic acids is 2. The molecule has 1 aliphatic carbocycles. The number of carbonyl (C=O) groups is 2. The van der Waals surface area contributed by atoms with Crippen molar-refractivity contribution in [2.24, 2.45) is 21.7 Å². The van der Waals surface area contributed by atoms with Gasteiger partial charge in [-0.05, 0) is 85.1 Å². The Hall–Kier alpha value is -3.95. The molecule has 0 bridgehead atoms.